The Kier molecular flexibility index (Phi) is 3.41. The van der Waals surface area contributed by atoms with E-state index in [0.717, 1.165) is 5.69 Å². The molecule has 5 nitrogen and oxygen atoms in total. The van der Waals surface area contributed by atoms with E-state index in [1.165, 1.54) is 7.11 Å². The summed E-state index contributed by atoms with van der Waals surface area (Å²) in [5.41, 5.74) is 0.493. The fourth-order valence-corrected chi connectivity index (χ4v) is 2.20. The van der Waals surface area contributed by atoms with Gasteiger partial charge in [-0.15, -0.1) is 4.40 Å². The molecule has 18 heavy (non-hydrogen) atoms. The van der Waals surface area contributed by atoms with Crippen molar-refractivity contribution < 1.29 is 13.1 Å². The van der Waals surface area contributed by atoms with E-state index in [9.17, 15) is 4.21 Å². The third-order valence-corrected chi connectivity index (χ3v) is 3.70. The maximum Gasteiger partial charge on any atom is 0.287 e. The van der Waals surface area contributed by atoms with Gasteiger partial charge in [0.1, 0.15) is 5.54 Å². The quantitative estimate of drug-likeness (QED) is 0.822. The zero-order valence-electron chi connectivity index (χ0n) is 10.8. The van der Waals surface area contributed by atoms with Gasteiger partial charge in [0.15, 0.2) is 5.75 Å². The topological polar surface area (TPSA) is 51.1 Å². The van der Waals surface area contributed by atoms with E-state index >= 15 is 0 Å². The van der Waals surface area contributed by atoms with Gasteiger partial charge in [0, 0.05) is 7.05 Å². The lowest BCUT2D eigenvalue weighted by Crippen LogP contribution is -2.53. The van der Waals surface area contributed by atoms with Crippen molar-refractivity contribution in [3.05, 3.63) is 24.3 Å². The zero-order valence-corrected chi connectivity index (χ0v) is 11.7. The number of hydrogen-bond donors (Lipinski definition) is 0. The number of hydrogen-bond acceptors (Lipinski definition) is 4. The smallest absolute Gasteiger partial charge is 0.287 e. The molecule has 6 heteroatoms. The highest BCUT2D eigenvalue weighted by Crippen LogP contribution is 2.37. The molecular formula is C12H16N2O3S. The van der Waals surface area contributed by atoms with E-state index < -0.39 is 16.8 Å². The maximum atomic E-state index is 11.4. The average Bonchev–Trinajstić information content (AvgIpc) is 2.36. The standard InChI is InChI=1S/C12H16N2O3S/c1-12(2)11(13-18(15)16-4)17-10-8-6-5-7-9(10)14(12)3/h5-8H,1-4H3/b13-11-. The molecule has 0 fully saturated rings. The number of ether oxygens (including phenoxy) is 1. The Labute approximate surface area is 109 Å². The second-order valence-corrected chi connectivity index (χ2v) is 5.42. The predicted octanol–water partition coefficient (Wildman–Crippen LogP) is 1.92. The summed E-state index contributed by atoms with van der Waals surface area (Å²) in [6, 6.07) is 7.66. The van der Waals surface area contributed by atoms with Crippen LogP contribution >= 0.6 is 0 Å². The average molecular weight is 268 g/mol. The van der Waals surface area contributed by atoms with Crippen molar-refractivity contribution in [3.8, 4) is 5.75 Å². The van der Waals surface area contributed by atoms with Crippen LogP contribution < -0.4 is 9.64 Å². The highest BCUT2D eigenvalue weighted by Gasteiger charge is 2.38. The number of anilines is 1. The Morgan fingerprint density at radius 1 is 1.39 bits per heavy atom. The van der Waals surface area contributed by atoms with Crippen molar-refractivity contribution in [2.24, 2.45) is 4.40 Å². The molecule has 1 heterocycles. The number of fused-ring (bicyclic) bond motifs is 1. The number of likely N-dealkylation sites (N-methyl/N-ethyl adjacent to an activating group) is 1. The van der Waals surface area contributed by atoms with Gasteiger partial charge in [-0.25, -0.2) is 4.21 Å². The van der Waals surface area contributed by atoms with Gasteiger partial charge < -0.3 is 9.64 Å². The summed E-state index contributed by atoms with van der Waals surface area (Å²) >= 11 is -1.73. The summed E-state index contributed by atoms with van der Waals surface area (Å²) in [6.45, 7) is 3.91. The largest absolute Gasteiger partial charge is 0.437 e. The molecule has 0 amide bonds. The predicted molar refractivity (Wildman–Crippen MR) is 72.1 cm³/mol. The molecule has 1 atom stereocenters. The maximum absolute atomic E-state index is 11.4. The van der Waals surface area contributed by atoms with Crippen LogP contribution in [-0.4, -0.2) is 29.8 Å². The van der Waals surface area contributed by atoms with Crippen LogP contribution in [0, 0.1) is 0 Å². The number of nitrogens with zero attached hydrogens (tertiary/aromatic N) is 2. The third-order valence-electron chi connectivity index (χ3n) is 3.10. The molecule has 1 aliphatic heterocycles. The summed E-state index contributed by atoms with van der Waals surface area (Å²) < 4.78 is 25.7. The Balaban J connectivity index is 2.48. The fraction of sp³-hybridized carbons (Fsp3) is 0.417. The molecule has 0 saturated heterocycles. The van der Waals surface area contributed by atoms with Crippen LogP contribution in [0.2, 0.25) is 0 Å². The molecule has 1 aromatic rings. The van der Waals surface area contributed by atoms with Crippen molar-refractivity contribution in [1.82, 2.24) is 0 Å². The van der Waals surface area contributed by atoms with Gasteiger partial charge in [0.05, 0.1) is 12.8 Å². The minimum absolute atomic E-state index is 0.379. The van der Waals surface area contributed by atoms with Crippen LogP contribution in [0.25, 0.3) is 0 Å². The van der Waals surface area contributed by atoms with Gasteiger partial charge in [-0.1, -0.05) is 12.1 Å². The highest BCUT2D eigenvalue weighted by molar-refractivity contribution is 7.78. The molecule has 2 rings (SSSR count). The van der Waals surface area contributed by atoms with Crippen LogP contribution in [0.3, 0.4) is 0 Å². The SMILES string of the molecule is COS(=O)/N=C1\Oc2ccccc2N(C)C1(C)C. The van der Waals surface area contributed by atoms with E-state index in [0.29, 0.717) is 11.6 Å². The molecule has 1 unspecified atom stereocenters. The van der Waals surface area contributed by atoms with Gasteiger partial charge in [-0.2, -0.15) is 0 Å². The Hall–Kier alpha value is -1.40. The lowest BCUT2D eigenvalue weighted by Gasteiger charge is -2.41. The van der Waals surface area contributed by atoms with E-state index in [2.05, 4.69) is 8.58 Å². The van der Waals surface area contributed by atoms with Crippen LogP contribution in [0.15, 0.2) is 28.7 Å². The molecule has 0 aromatic heterocycles. The van der Waals surface area contributed by atoms with Crippen molar-refractivity contribution >= 4 is 22.9 Å². The Morgan fingerprint density at radius 2 is 2.06 bits per heavy atom. The molecule has 0 saturated carbocycles. The van der Waals surface area contributed by atoms with E-state index in [1.54, 1.807) is 0 Å². The Morgan fingerprint density at radius 3 is 2.72 bits per heavy atom. The molecule has 1 aliphatic rings. The molecule has 0 spiro atoms. The van der Waals surface area contributed by atoms with Gasteiger partial charge in [0.25, 0.3) is 11.3 Å². The summed E-state index contributed by atoms with van der Waals surface area (Å²) in [7, 11) is 3.29. The molecule has 0 radical (unpaired) electrons. The van der Waals surface area contributed by atoms with Crippen molar-refractivity contribution in [3.63, 3.8) is 0 Å². The van der Waals surface area contributed by atoms with Gasteiger partial charge in [0.2, 0.25) is 5.90 Å². The van der Waals surface area contributed by atoms with Crippen LogP contribution in [0.1, 0.15) is 13.8 Å². The third kappa shape index (κ3) is 2.13. The molecule has 0 N–H and O–H groups in total. The normalized spacial score (nSPS) is 21.3. The van der Waals surface area contributed by atoms with E-state index in [-0.39, 0.29) is 0 Å². The first kappa shape index (κ1) is 13.0. The van der Waals surface area contributed by atoms with Crippen molar-refractivity contribution in [2.45, 2.75) is 19.4 Å². The first-order valence-corrected chi connectivity index (χ1v) is 6.56. The number of rotatable bonds is 2. The summed E-state index contributed by atoms with van der Waals surface area (Å²) in [5, 5.41) is 0. The van der Waals surface area contributed by atoms with Crippen LogP contribution in [0.5, 0.6) is 5.75 Å². The lowest BCUT2D eigenvalue weighted by atomic mass is 10.00. The second-order valence-electron chi connectivity index (χ2n) is 4.47. The molecular weight excluding hydrogens is 252 g/mol. The minimum atomic E-state index is -1.73. The first-order chi connectivity index (χ1) is 8.46. The summed E-state index contributed by atoms with van der Waals surface area (Å²) in [5.74, 6) is 1.08. The van der Waals surface area contributed by atoms with Crippen molar-refractivity contribution in [2.75, 3.05) is 19.1 Å². The van der Waals surface area contributed by atoms with Gasteiger partial charge in [-0.05, 0) is 26.0 Å². The van der Waals surface area contributed by atoms with Gasteiger partial charge >= 0.3 is 0 Å². The number of para-hydroxylation sites is 2. The fourth-order valence-electron chi connectivity index (χ4n) is 1.73. The van der Waals surface area contributed by atoms with Gasteiger partial charge in [-0.3, -0.25) is 4.18 Å². The zero-order chi connectivity index (χ0) is 13.3. The second kappa shape index (κ2) is 4.70. The lowest BCUT2D eigenvalue weighted by molar-refractivity contribution is 0.428. The van der Waals surface area contributed by atoms with Crippen LogP contribution in [0.4, 0.5) is 5.69 Å². The molecule has 0 aliphatic carbocycles. The Bertz CT molecular complexity index is 514. The first-order valence-electron chi connectivity index (χ1n) is 5.53. The minimum Gasteiger partial charge on any atom is -0.437 e. The molecule has 1 aromatic carbocycles. The molecule has 98 valence electrons. The van der Waals surface area contributed by atoms with E-state index in [1.807, 2.05) is 50.1 Å². The summed E-state index contributed by atoms with van der Waals surface area (Å²) in [4.78, 5) is 2.04. The highest BCUT2D eigenvalue weighted by atomic mass is 32.2. The number of benzene rings is 1. The van der Waals surface area contributed by atoms with E-state index in [4.69, 9.17) is 4.74 Å². The van der Waals surface area contributed by atoms with Crippen molar-refractivity contribution in [1.29, 1.82) is 0 Å². The molecule has 0 bridgehead atoms. The summed E-state index contributed by atoms with van der Waals surface area (Å²) in [6.07, 6.45) is 0. The van der Waals surface area contributed by atoms with Crippen LogP contribution in [-0.2, 0) is 15.4 Å². The monoisotopic (exact) mass is 268 g/mol.